The molecule has 9 heteroatoms. The van der Waals surface area contributed by atoms with Gasteiger partial charge in [0.1, 0.15) is 11.4 Å². The van der Waals surface area contributed by atoms with Gasteiger partial charge in [-0.15, -0.1) is 0 Å². The standard InChI is InChI=1S/C19H16BrN3O5/c20-13-5-7-14(8-6-13)27-10-17(24)22-23-18(25)11-28-19(26)16-9-12-3-1-2-4-15(12)21-16/h1-9,21H,10-11H2,(H,22,24)(H,23,25). The number of nitrogens with one attached hydrogen (secondary N) is 3. The van der Waals surface area contributed by atoms with Crippen LogP contribution in [-0.4, -0.2) is 36.0 Å². The maximum absolute atomic E-state index is 12.0. The summed E-state index contributed by atoms with van der Waals surface area (Å²) >= 11 is 3.29. The SMILES string of the molecule is O=C(COC(=O)c1cc2ccccc2[nH]1)NNC(=O)COc1ccc(Br)cc1. The van der Waals surface area contributed by atoms with Crippen molar-refractivity contribution in [1.29, 1.82) is 0 Å². The van der Waals surface area contributed by atoms with E-state index in [4.69, 9.17) is 9.47 Å². The normalized spacial score (nSPS) is 10.3. The fourth-order valence-electron chi connectivity index (χ4n) is 2.28. The second-order valence-corrected chi connectivity index (χ2v) is 6.60. The van der Waals surface area contributed by atoms with Gasteiger partial charge in [0.15, 0.2) is 13.2 Å². The first-order chi connectivity index (χ1) is 13.5. The third-order valence-electron chi connectivity index (χ3n) is 3.61. The van der Waals surface area contributed by atoms with E-state index >= 15 is 0 Å². The van der Waals surface area contributed by atoms with Crippen molar-refractivity contribution in [3.05, 3.63) is 64.8 Å². The highest BCUT2D eigenvalue weighted by molar-refractivity contribution is 9.10. The fraction of sp³-hybridized carbons (Fsp3) is 0.105. The highest BCUT2D eigenvalue weighted by Crippen LogP contribution is 2.16. The molecule has 0 atom stereocenters. The summed E-state index contributed by atoms with van der Waals surface area (Å²) in [6, 6.07) is 15.9. The van der Waals surface area contributed by atoms with Crippen molar-refractivity contribution in [3.63, 3.8) is 0 Å². The van der Waals surface area contributed by atoms with E-state index in [9.17, 15) is 14.4 Å². The molecule has 1 aromatic heterocycles. The zero-order valence-electron chi connectivity index (χ0n) is 14.5. The van der Waals surface area contributed by atoms with Crippen LogP contribution in [0.15, 0.2) is 59.1 Å². The lowest BCUT2D eigenvalue weighted by atomic mass is 10.2. The van der Waals surface area contributed by atoms with Crippen LogP contribution < -0.4 is 15.6 Å². The lowest BCUT2D eigenvalue weighted by Gasteiger charge is -2.09. The van der Waals surface area contributed by atoms with E-state index < -0.39 is 24.4 Å². The third kappa shape index (κ3) is 5.34. The number of carbonyl (C=O) groups excluding carboxylic acids is 3. The molecule has 3 aromatic rings. The molecule has 1 heterocycles. The van der Waals surface area contributed by atoms with Crippen LogP contribution in [0.4, 0.5) is 0 Å². The van der Waals surface area contributed by atoms with Gasteiger partial charge < -0.3 is 14.5 Å². The molecule has 0 aliphatic rings. The summed E-state index contributed by atoms with van der Waals surface area (Å²) in [5.41, 5.74) is 5.35. The highest BCUT2D eigenvalue weighted by atomic mass is 79.9. The molecule has 3 N–H and O–H groups in total. The van der Waals surface area contributed by atoms with E-state index in [1.807, 2.05) is 24.3 Å². The van der Waals surface area contributed by atoms with Crippen molar-refractivity contribution in [2.24, 2.45) is 0 Å². The Morgan fingerprint density at radius 3 is 2.32 bits per heavy atom. The first kappa shape index (κ1) is 19.4. The second-order valence-electron chi connectivity index (χ2n) is 5.69. The zero-order chi connectivity index (χ0) is 19.9. The van der Waals surface area contributed by atoms with Crippen molar-refractivity contribution in [3.8, 4) is 5.75 Å². The number of hydrazine groups is 1. The third-order valence-corrected chi connectivity index (χ3v) is 4.14. The number of amides is 2. The summed E-state index contributed by atoms with van der Waals surface area (Å²) in [6.45, 7) is -0.821. The molecule has 0 aliphatic heterocycles. The van der Waals surface area contributed by atoms with E-state index in [1.54, 1.807) is 30.3 Å². The Hall–Kier alpha value is -3.33. The number of aromatic nitrogens is 1. The smallest absolute Gasteiger partial charge is 0.355 e. The maximum Gasteiger partial charge on any atom is 0.355 e. The summed E-state index contributed by atoms with van der Waals surface area (Å²) in [6.07, 6.45) is 0. The Kier molecular flexibility index (Phi) is 6.28. The number of benzene rings is 2. The number of aromatic amines is 1. The van der Waals surface area contributed by atoms with Crippen LogP contribution in [0, 0.1) is 0 Å². The van der Waals surface area contributed by atoms with Crippen molar-refractivity contribution in [2.75, 3.05) is 13.2 Å². The van der Waals surface area contributed by atoms with E-state index in [1.165, 1.54) is 0 Å². The molecule has 2 amide bonds. The summed E-state index contributed by atoms with van der Waals surface area (Å²) < 4.78 is 11.1. The summed E-state index contributed by atoms with van der Waals surface area (Å²) in [7, 11) is 0. The second kappa shape index (κ2) is 9.05. The first-order valence-corrected chi connectivity index (χ1v) is 9.01. The quantitative estimate of drug-likeness (QED) is 0.398. The average Bonchev–Trinajstić information content (AvgIpc) is 3.14. The van der Waals surface area contributed by atoms with Crippen LogP contribution in [0.2, 0.25) is 0 Å². The van der Waals surface area contributed by atoms with Gasteiger partial charge in [-0.1, -0.05) is 34.1 Å². The molecule has 0 aliphatic carbocycles. The Labute approximate surface area is 168 Å². The van der Waals surface area contributed by atoms with Crippen molar-refractivity contribution in [2.45, 2.75) is 0 Å². The predicted molar refractivity (Wildman–Crippen MR) is 105 cm³/mol. The number of carbonyl (C=O) groups is 3. The Morgan fingerprint density at radius 2 is 1.61 bits per heavy atom. The molecule has 2 aromatic carbocycles. The minimum atomic E-state index is -0.679. The molecule has 0 bridgehead atoms. The average molecular weight is 446 g/mol. The number of hydrogen-bond acceptors (Lipinski definition) is 5. The van der Waals surface area contributed by atoms with Crippen molar-refractivity contribution < 1.29 is 23.9 Å². The molecular weight excluding hydrogens is 430 g/mol. The molecule has 0 radical (unpaired) electrons. The van der Waals surface area contributed by atoms with Crippen LogP contribution in [0.5, 0.6) is 5.75 Å². The zero-order valence-corrected chi connectivity index (χ0v) is 16.1. The molecule has 144 valence electrons. The molecule has 0 fully saturated rings. The topological polar surface area (TPSA) is 110 Å². The molecule has 8 nitrogen and oxygen atoms in total. The van der Waals surface area contributed by atoms with E-state index in [0.29, 0.717) is 5.75 Å². The van der Waals surface area contributed by atoms with Gasteiger partial charge in [-0.2, -0.15) is 0 Å². The summed E-state index contributed by atoms with van der Waals surface area (Å²) in [5.74, 6) is -1.40. The van der Waals surface area contributed by atoms with Crippen LogP contribution in [-0.2, 0) is 14.3 Å². The Morgan fingerprint density at radius 1 is 0.929 bits per heavy atom. The van der Waals surface area contributed by atoms with Crippen LogP contribution in [0.1, 0.15) is 10.5 Å². The molecule has 0 unspecified atom stereocenters. The van der Waals surface area contributed by atoms with Crippen LogP contribution >= 0.6 is 15.9 Å². The summed E-state index contributed by atoms with van der Waals surface area (Å²) in [4.78, 5) is 38.3. The van der Waals surface area contributed by atoms with E-state index in [2.05, 4.69) is 31.8 Å². The van der Waals surface area contributed by atoms with Gasteiger partial charge in [0.2, 0.25) is 0 Å². The lowest BCUT2D eigenvalue weighted by Crippen LogP contribution is -2.45. The minimum Gasteiger partial charge on any atom is -0.484 e. The van der Waals surface area contributed by atoms with Crippen LogP contribution in [0.25, 0.3) is 10.9 Å². The minimum absolute atomic E-state index is 0.237. The Bertz CT molecular complexity index is 967. The fourth-order valence-corrected chi connectivity index (χ4v) is 2.55. The molecule has 3 rings (SSSR count). The highest BCUT2D eigenvalue weighted by Gasteiger charge is 2.13. The number of fused-ring (bicyclic) bond motifs is 1. The molecule has 0 saturated carbocycles. The number of hydrogen-bond donors (Lipinski definition) is 3. The predicted octanol–water partition coefficient (Wildman–Crippen LogP) is 2.31. The van der Waals surface area contributed by atoms with Crippen molar-refractivity contribution >= 4 is 44.6 Å². The molecule has 0 spiro atoms. The first-order valence-electron chi connectivity index (χ1n) is 8.22. The van der Waals surface area contributed by atoms with E-state index in [-0.39, 0.29) is 12.3 Å². The summed E-state index contributed by atoms with van der Waals surface area (Å²) in [5, 5.41) is 0.858. The number of rotatable bonds is 6. The molecule has 0 saturated heterocycles. The number of halogens is 1. The van der Waals surface area contributed by atoms with Crippen LogP contribution in [0.3, 0.4) is 0 Å². The van der Waals surface area contributed by atoms with Gasteiger partial charge in [0, 0.05) is 15.4 Å². The van der Waals surface area contributed by atoms with Gasteiger partial charge in [-0.05, 0) is 36.4 Å². The maximum atomic E-state index is 12.0. The van der Waals surface area contributed by atoms with Crippen molar-refractivity contribution in [1.82, 2.24) is 15.8 Å². The molecular formula is C19H16BrN3O5. The number of ether oxygens (including phenoxy) is 2. The van der Waals surface area contributed by atoms with Gasteiger partial charge in [-0.3, -0.25) is 20.4 Å². The monoisotopic (exact) mass is 445 g/mol. The van der Waals surface area contributed by atoms with E-state index in [0.717, 1.165) is 15.4 Å². The largest absolute Gasteiger partial charge is 0.484 e. The Balaban J connectivity index is 1.38. The van der Waals surface area contributed by atoms with Gasteiger partial charge >= 0.3 is 5.97 Å². The van der Waals surface area contributed by atoms with Gasteiger partial charge in [0.05, 0.1) is 0 Å². The molecule has 28 heavy (non-hydrogen) atoms. The number of esters is 1. The van der Waals surface area contributed by atoms with Gasteiger partial charge in [-0.25, -0.2) is 4.79 Å². The number of para-hydroxylation sites is 1. The lowest BCUT2D eigenvalue weighted by molar-refractivity contribution is -0.131. The van der Waals surface area contributed by atoms with Gasteiger partial charge in [0.25, 0.3) is 11.8 Å². The number of H-pyrrole nitrogens is 1.